The highest BCUT2D eigenvalue weighted by atomic mass is 16.5. The molecule has 0 heterocycles. The van der Waals surface area contributed by atoms with Gasteiger partial charge in [0.15, 0.2) is 0 Å². The van der Waals surface area contributed by atoms with Crippen molar-refractivity contribution in [2.45, 2.75) is 366 Å². The molecule has 0 rings (SSSR count). The van der Waals surface area contributed by atoms with E-state index in [0.29, 0.717) is 19.4 Å². The third-order valence-corrected chi connectivity index (χ3v) is 15.3. The van der Waals surface area contributed by atoms with Crippen molar-refractivity contribution in [3.8, 4) is 0 Å². The van der Waals surface area contributed by atoms with E-state index in [4.69, 9.17) is 4.74 Å². The van der Waals surface area contributed by atoms with Crippen LogP contribution in [0.25, 0.3) is 0 Å². The van der Waals surface area contributed by atoms with Crippen LogP contribution >= 0.6 is 0 Å². The molecule has 6 heteroatoms. The SMILES string of the molecule is CCCCC/C=C\C/C=C\CCCCCCCC(=O)OCCCCCCCCCCC/C=C\CCCCCCCC(=O)NC(CO)C(O)/C=C/CCCCCCCCCCCCCCCCCCCCCCCCC. The summed E-state index contributed by atoms with van der Waals surface area (Å²) in [4.78, 5) is 24.6. The summed E-state index contributed by atoms with van der Waals surface area (Å²) in [5.74, 6) is -0.0915. The minimum Gasteiger partial charge on any atom is -0.466 e. The zero-order chi connectivity index (χ0) is 54.3. The Hall–Kier alpha value is -2.18. The van der Waals surface area contributed by atoms with Crippen molar-refractivity contribution >= 4 is 11.9 Å². The Bertz CT molecular complexity index is 1260. The predicted octanol–water partition coefficient (Wildman–Crippen LogP) is 21.3. The molecule has 0 aliphatic carbocycles. The molecule has 0 aliphatic rings. The smallest absolute Gasteiger partial charge is 0.305 e. The number of hydrogen-bond acceptors (Lipinski definition) is 5. The fourth-order valence-electron chi connectivity index (χ4n) is 10.2. The van der Waals surface area contributed by atoms with Crippen LogP contribution in [0.15, 0.2) is 48.6 Å². The number of carbonyl (C=O) groups is 2. The Labute approximate surface area is 467 Å². The third-order valence-electron chi connectivity index (χ3n) is 15.3. The minimum atomic E-state index is -0.856. The van der Waals surface area contributed by atoms with Gasteiger partial charge in [-0.3, -0.25) is 9.59 Å². The van der Waals surface area contributed by atoms with Gasteiger partial charge in [-0.15, -0.1) is 0 Å². The summed E-state index contributed by atoms with van der Waals surface area (Å²) >= 11 is 0. The summed E-state index contributed by atoms with van der Waals surface area (Å²) < 4.78 is 5.47. The van der Waals surface area contributed by atoms with Gasteiger partial charge in [-0.25, -0.2) is 0 Å². The highest BCUT2D eigenvalue weighted by Gasteiger charge is 2.18. The van der Waals surface area contributed by atoms with Crippen molar-refractivity contribution in [3.63, 3.8) is 0 Å². The number of allylic oxidation sites excluding steroid dienone is 7. The van der Waals surface area contributed by atoms with Crippen LogP contribution in [-0.2, 0) is 14.3 Å². The highest BCUT2D eigenvalue weighted by molar-refractivity contribution is 5.76. The molecule has 0 aromatic rings. The number of carbonyl (C=O) groups excluding carboxylic acids is 2. The van der Waals surface area contributed by atoms with Crippen LogP contribution in [0, 0.1) is 0 Å². The Kier molecular flexibility index (Phi) is 62.5. The quantitative estimate of drug-likeness (QED) is 0.0320. The molecular weight excluding hydrogens is 923 g/mol. The number of ether oxygens (including phenoxy) is 1. The number of rotatable bonds is 62. The Morgan fingerprint density at radius 1 is 0.373 bits per heavy atom. The van der Waals surface area contributed by atoms with Gasteiger partial charge in [-0.05, 0) is 89.9 Å². The van der Waals surface area contributed by atoms with Gasteiger partial charge in [0, 0.05) is 12.8 Å². The number of esters is 1. The van der Waals surface area contributed by atoms with Gasteiger partial charge < -0.3 is 20.3 Å². The van der Waals surface area contributed by atoms with Gasteiger partial charge in [0.2, 0.25) is 5.91 Å². The largest absolute Gasteiger partial charge is 0.466 e. The van der Waals surface area contributed by atoms with Crippen LogP contribution in [0.4, 0.5) is 0 Å². The van der Waals surface area contributed by atoms with Crippen molar-refractivity contribution in [2.75, 3.05) is 13.2 Å². The summed E-state index contributed by atoms with van der Waals surface area (Å²) in [7, 11) is 0. The van der Waals surface area contributed by atoms with Crippen molar-refractivity contribution in [1.82, 2.24) is 5.32 Å². The van der Waals surface area contributed by atoms with Gasteiger partial charge in [0.1, 0.15) is 0 Å². The van der Waals surface area contributed by atoms with Crippen LogP contribution in [0.2, 0.25) is 0 Å². The van der Waals surface area contributed by atoms with Crippen molar-refractivity contribution in [2.24, 2.45) is 0 Å². The number of unbranched alkanes of at least 4 members (excludes halogenated alkanes) is 45. The lowest BCUT2D eigenvalue weighted by atomic mass is 10.0. The van der Waals surface area contributed by atoms with E-state index in [-0.39, 0.29) is 18.5 Å². The van der Waals surface area contributed by atoms with E-state index in [9.17, 15) is 19.8 Å². The van der Waals surface area contributed by atoms with Crippen LogP contribution in [-0.4, -0.2) is 47.4 Å². The molecule has 0 spiro atoms. The molecule has 0 aliphatic heterocycles. The van der Waals surface area contributed by atoms with E-state index in [1.54, 1.807) is 6.08 Å². The van der Waals surface area contributed by atoms with Gasteiger partial charge >= 0.3 is 5.97 Å². The molecule has 2 unspecified atom stereocenters. The summed E-state index contributed by atoms with van der Waals surface area (Å²) in [6, 6.07) is -0.641. The summed E-state index contributed by atoms with van der Waals surface area (Å²) in [5, 5.41) is 23.2. The lowest BCUT2D eigenvalue weighted by Crippen LogP contribution is -2.45. The fourth-order valence-corrected chi connectivity index (χ4v) is 10.2. The van der Waals surface area contributed by atoms with Gasteiger partial charge in [0.25, 0.3) is 0 Å². The lowest BCUT2D eigenvalue weighted by Gasteiger charge is -2.20. The first-order valence-electron chi connectivity index (χ1n) is 33.4. The molecule has 0 saturated carbocycles. The number of aliphatic hydroxyl groups excluding tert-OH is 2. The van der Waals surface area contributed by atoms with Gasteiger partial charge in [-0.1, -0.05) is 300 Å². The van der Waals surface area contributed by atoms with Crippen LogP contribution in [0.1, 0.15) is 354 Å². The number of hydrogen-bond donors (Lipinski definition) is 3. The molecule has 3 N–H and O–H groups in total. The van der Waals surface area contributed by atoms with E-state index >= 15 is 0 Å². The molecule has 0 aromatic heterocycles. The monoisotopic (exact) mass is 1050 g/mol. The molecule has 0 saturated heterocycles. The zero-order valence-electron chi connectivity index (χ0n) is 50.3. The average molecular weight is 1050 g/mol. The second-order valence-electron chi connectivity index (χ2n) is 22.8. The molecule has 0 bridgehead atoms. The summed E-state index contributed by atoms with van der Waals surface area (Å²) in [6.07, 6.45) is 83.1. The first-order chi connectivity index (χ1) is 37.0. The third kappa shape index (κ3) is 60.9. The molecule has 2 atom stereocenters. The van der Waals surface area contributed by atoms with Crippen molar-refractivity contribution in [3.05, 3.63) is 48.6 Å². The second-order valence-corrected chi connectivity index (χ2v) is 22.8. The molecule has 440 valence electrons. The van der Waals surface area contributed by atoms with Gasteiger partial charge in [0.05, 0.1) is 25.4 Å². The first-order valence-corrected chi connectivity index (χ1v) is 33.4. The zero-order valence-corrected chi connectivity index (χ0v) is 50.3. The van der Waals surface area contributed by atoms with E-state index < -0.39 is 12.1 Å². The average Bonchev–Trinajstić information content (AvgIpc) is 3.41. The van der Waals surface area contributed by atoms with Crippen molar-refractivity contribution < 1.29 is 24.5 Å². The van der Waals surface area contributed by atoms with Crippen LogP contribution < -0.4 is 5.32 Å². The highest BCUT2D eigenvalue weighted by Crippen LogP contribution is 2.18. The van der Waals surface area contributed by atoms with E-state index in [1.807, 2.05) is 6.08 Å². The molecule has 6 nitrogen and oxygen atoms in total. The molecule has 0 aromatic carbocycles. The number of nitrogens with one attached hydrogen (secondary N) is 1. The van der Waals surface area contributed by atoms with Crippen LogP contribution in [0.3, 0.4) is 0 Å². The molecule has 75 heavy (non-hydrogen) atoms. The van der Waals surface area contributed by atoms with E-state index in [0.717, 1.165) is 70.6 Å². The van der Waals surface area contributed by atoms with Gasteiger partial charge in [-0.2, -0.15) is 0 Å². The summed E-state index contributed by atoms with van der Waals surface area (Å²) in [5.41, 5.74) is 0. The molecular formula is C69H129NO5. The van der Waals surface area contributed by atoms with Crippen LogP contribution in [0.5, 0.6) is 0 Å². The fraction of sp³-hybridized carbons (Fsp3) is 0.855. The van der Waals surface area contributed by atoms with Crippen molar-refractivity contribution in [1.29, 1.82) is 0 Å². The lowest BCUT2D eigenvalue weighted by molar-refractivity contribution is -0.143. The molecule has 0 fully saturated rings. The molecule has 0 radical (unpaired) electrons. The maximum absolute atomic E-state index is 12.5. The minimum absolute atomic E-state index is 0.0117. The maximum Gasteiger partial charge on any atom is 0.305 e. The molecule has 1 amide bonds. The standard InChI is InChI=1S/C69H129NO5/c1-3-5-7-9-11-13-15-17-19-20-21-22-23-24-25-26-27-30-34-37-41-45-49-53-57-61-67(72)66(65-71)70-68(73)62-58-54-50-46-42-38-35-31-28-29-32-36-40-44-48-52-56-60-64-75-69(74)63-59-55-51-47-43-39-33-18-16-14-12-10-8-6-4-2/h12,14,18,31,33,35,57,61,66-67,71-72H,3-11,13,15-17,19-30,32,34,36-56,58-60,62-65H2,1-2H3,(H,70,73)/b14-12-,33-18-,35-31-,61-57+. The van der Waals surface area contributed by atoms with E-state index in [2.05, 4.69) is 55.6 Å². The van der Waals surface area contributed by atoms with E-state index in [1.165, 1.54) is 257 Å². The first kappa shape index (κ1) is 72.8. The Morgan fingerprint density at radius 2 is 0.667 bits per heavy atom. The maximum atomic E-state index is 12.5. The normalized spacial score (nSPS) is 12.9. The topological polar surface area (TPSA) is 95.9 Å². The second kappa shape index (κ2) is 64.3. The number of amides is 1. The Morgan fingerprint density at radius 3 is 1.05 bits per heavy atom. The number of aliphatic hydroxyl groups is 2. The Balaban J connectivity index is 3.48. The predicted molar refractivity (Wildman–Crippen MR) is 329 cm³/mol. The summed E-state index contributed by atoms with van der Waals surface area (Å²) in [6.45, 7) is 4.88.